The molecule has 0 bridgehead atoms. The minimum atomic E-state index is -0.229. The lowest BCUT2D eigenvalue weighted by Crippen LogP contribution is -2.31. The summed E-state index contributed by atoms with van der Waals surface area (Å²) in [4.78, 5) is 30.6. The molecule has 34 heavy (non-hydrogen) atoms. The van der Waals surface area contributed by atoms with Gasteiger partial charge in [-0.05, 0) is 48.7 Å². The average Bonchev–Trinajstić information content (AvgIpc) is 3.44. The lowest BCUT2D eigenvalue weighted by molar-refractivity contribution is -0.121. The largest absolute Gasteiger partial charge is 0.497 e. The summed E-state index contributed by atoms with van der Waals surface area (Å²) >= 11 is 1.50. The summed E-state index contributed by atoms with van der Waals surface area (Å²) < 4.78 is 8.52. The van der Waals surface area contributed by atoms with Crippen LogP contribution in [0.4, 0.5) is 0 Å². The lowest BCUT2D eigenvalue weighted by Gasteiger charge is -2.13. The van der Waals surface area contributed by atoms with Crippen molar-refractivity contribution in [3.8, 4) is 11.4 Å². The number of aryl methyl sites for hydroxylation is 1. The van der Waals surface area contributed by atoms with Crippen LogP contribution >= 0.6 is 11.8 Å². The number of fused-ring (bicyclic) bond motifs is 2. The number of benzene rings is 2. The third-order valence-corrected chi connectivity index (χ3v) is 7.03. The number of methoxy groups -OCH3 is 1. The molecule has 0 fully saturated rings. The van der Waals surface area contributed by atoms with Crippen LogP contribution in [0.2, 0.25) is 0 Å². The number of carbonyl (C=O) groups is 1. The van der Waals surface area contributed by atoms with Crippen molar-refractivity contribution in [2.45, 2.75) is 31.0 Å². The van der Waals surface area contributed by atoms with E-state index < -0.39 is 0 Å². The van der Waals surface area contributed by atoms with Gasteiger partial charge >= 0.3 is 0 Å². The van der Waals surface area contributed by atoms with E-state index in [2.05, 4.69) is 10.4 Å². The van der Waals surface area contributed by atoms with Crippen molar-refractivity contribution in [1.82, 2.24) is 24.6 Å². The molecule has 0 saturated heterocycles. The molecule has 1 N–H and O–H groups in total. The first kappa shape index (κ1) is 22.2. The predicted molar refractivity (Wildman–Crippen MR) is 132 cm³/mol. The number of carbonyl (C=O) groups excluding carboxylic acids is 1. The smallest absolute Gasteiger partial charge is 0.265 e. The minimum Gasteiger partial charge on any atom is -0.497 e. The third-order valence-electron chi connectivity index (χ3n) is 5.93. The molecule has 1 unspecified atom stereocenters. The van der Waals surface area contributed by atoms with Crippen LogP contribution in [0.25, 0.3) is 16.7 Å². The summed E-state index contributed by atoms with van der Waals surface area (Å²) in [6.45, 7) is 2.55. The number of nitrogens with zero attached hydrogens (tertiary/aromatic N) is 4. The van der Waals surface area contributed by atoms with Crippen LogP contribution in [-0.4, -0.2) is 44.6 Å². The van der Waals surface area contributed by atoms with Crippen LogP contribution in [0, 0.1) is 6.92 Å². The fourth-order valence-electron chi connectivity index (χ4n) is 4.15. The molecule has 8 nitrogen and oxygen atoms in total. The van der Waals surface area contributed by atoms with E-state index in [9.17, 15) is 9.59 Å². The number of hydrogen-bond acceptors (Lipinski definition) is 6. The van der Waals surface area contributed by atoms with Crippen molar-refractivity contribution < 1.29 is 9.53 Å². The summed E-state index contributed by atoms with van der Waals surface area (Å²) in [5.74, 6) is 1.37. The maximum atomic E-state index is 13.3. The van der Waals surface area contributed by atoms with Gasteiger partial charge in [-0.2, -0.15) is 5.10 Å². The average molecular weight is 476 g/mol. The van der Waals surface area contributed by atoms with Gasteiger partial charge in [-0.3, -0.25) is 14.2 Å². The molecule has 4 aromatic rings. The second-order valence-corrected chi connectivity index (χ2v) is 9.31. The van der Waals surface area contributed by atoms with Crippen molar-refractivity contribution in [1.29, 1.82) is 0 Å². The first-order valence-corrected chi connectivity index (χ1v) is 12.1. The Balaban J connectivity index is 1.29. The monoisotopic (exact) mass is 475 g/mol. The van der Waals surface area contributed by atoms with Gasteiger partial charge < -0.3 is 10.1 Å². The summed E-state index contributed by atoms with van der Waals surface area (Å²) in [7, 11) is 1.64. The van der Waals surface area contributed by atoms with Crippen molar-refractivity contribution in [3.05, 3.63) is 76.2 Å². The normalized spacial score (nSPS) is 14.8. The zero-order valence-corrected chi connectivity index (χ0v) is 19.8. The van der Waals surface area contributed by atoms with Crippen LogP contribution in [-0.2, 0) is 11.2 Å². The molecular weight excluding hydrogens is 450 g/mol. The van der Waals surface area contributed by atoms with Gasteiger partial charge in [0.15, 0.2) is 10.8 Å². The molecule has 2 aromatic carbocycles. The van der Waals surface area contributed by atoms with Crippen LogP contribution in [0.3, 0.4) is 0 Å². The molecule has 9 heteroatoms. The summed E-state index contributed by atoms with van der Waals surface area (Å²) in [5, 5.41) is 8.48. The SMILES string of the molecule is COc1ccc(CCNC(=O)CC2CSc3nc4c(cnn4-c4cccc(C)c4)c(=O)n32)cc1. The van der Waals surface area contributed by atoms with E-state index in [1.165, 1.54) is 11.8 Å². The predicted octanol–water partition coefficient (Wildman–Crippen LogP) is 3.30. The van der Waals surface area contributed by atoms with Gasteiger partial charge in [0.1, 0.15) is 11.1 Å². The summed E-state index contributed by atoms with van der Waals surface area (Å²) in [6.07, 6.45) is 2.53. The van der Waals surface area contributed by atoms with Crippen molar-refractivity contribution >= 4 is 28.7 Å². The van der Waals surface area contributed by atoms with Gasteiger partial charge in [0.25, 0.3) is 5.56 Å². The minimum absolute atomic E-state index is 0.0746. The third kappa shape index (κ3) is 4.31. The molecule has 1 atom stereocenters. The standard InChI is InChI=1S/C25H25N5O3S/c1-16-4-3-5-18(12-16)30-23-21(14-27-30)24(32)29-19(15-34-25(29)28-23)13-22(31)26-11-10-17-6-8-20(33-2)9-7-17/h3-9,12,14,19H,10-11,13,15H2,1-2H3,(H,26,31). The van der Waals surface area contributed by atoms with Gasteiger partial charge in [0.05, 0.1) is 25.0 Å². The highest BCUT2D eigenvalue weighted by Crippen LogP contribution is 2.33. The lowest BCUT2D eigenvalue weighted by atomic mass is 10.1. The Morgan fingerprint density at radius 1 is 1.24 bits per heavy atom. The van der Waals surface area contributed by atoms with Crippen LogP contribution in [0.5, 0.6) is 5.75 Å². The Labute approximate surface area is 201 Å². The highest BCUT2D eigenvalue weighted by Gasteiger charge is 2.29. The van der Waals surface area contributed by atoms with E-state index in [1.807, 2.05) is 55.5 Å². The molecule has 0 spiro atoms. The number of thioether (sulfide) groups is 1. The molecule has 0 radical (unpaired) electrons. The highest BCUT2D eigenvalue weighted by molar-refractivity contribution is 7.99. The second kappa shape index (κ2) is 9.34. The van der Waals surface area contributed by atoms with E-state index in [4.69, 9.17) is 9.72 Å². The Morgan fingerprint density at radius 3 is 2.82 bits per heavy atom. The van der Waals surface area contributed by atoms with Crippen LogP contribution in [0.1, 0.15) is 23.6 Å². The Kier molecular flexibility index (Phi) is 6.10. The zero-order chi connectivity index (χ0) is 23.7. The molecular formula is C25H25N5O3S. The molecule has 0 aliphatic carbocycles. The number of aromatic nitrogens is 4. The second-order valence-electron chi connectivity index (χ2n) is 8.32. The molecule has 174 valence electrons. The molecule has 1 aliphatic heterocycles. The Bertz CT molecular complexity index is 1410. The highest BCUT2D eigenvalue weighted by atomic mass is 32.2. The van der Waals surface area contributed by atoms with E-state index in [0.717, 1.165) is 29.0 Å². The molecule has 5 rings (SSSR count). The zero-order valence-electron chi connectivity index (χ0n) is 19.0. The first-order valence-electron chi connectivity index (χ1n) is 11.1. The quantitative estimate of drug-likeness (QED) is 0.413. The fraction of sp³-hybridized carbons (Fsp3) is 0.280. The summed E-state index contributed by atoms with van der Waals surface area (Å²) in [6, 6.07) is 15.5. The maximum absolute atomic E-state index is 13.3. The number of hydrogen-bond donors (Lipinski definition) is 1. The fourth-order valence-corrected chi connectivity index (χ4v) is 5.28. The number of ether oxygens (including phenoxy) is 1. The van der Waals surface area contributed by atoms with Crippen molar-refractivity contribution in [2.75, 3.05) is 19.4 Å². The number of rotatable bonds is 7. The molecule has 1 amide bonds. The molecule has 2 aromatic heterocycles. The maximum Gasteiger partial charge on any atom is 0.265 e. The van der Waals surface area contributed by atoms with E-state index in [0.29, 0.717) is 28.5 Å². The van der Waals surface area contributed by atoms with Gasteiger partial charge in [-0.15, -0.1) is 0 Å². The van der Waals surface area contributed by atoms with Crippen LogP contribution in [0.15, 0.2) is 64.7 Å². The van der Waals surface area contributed by atoms with Crippen molar-refractivity contribution in [3.63, 3.8) is 0 Å². The van der Waals surface area contributed by atoms with Gasteiger partial charge in [-0.25, -0.2) is 9.67 Å². The van der Waals surface area contributed by atoms with E-state index in [1.54, 1.807) is 22.6 Å². The molecule has 1 aliphatic rings. The first-order chi connectivity index (χ1) is 16.5. The van der Waals surface area contributed by atoms with E-state index >= 15 is 0 Å². The number of nitrogens with one attached hydrogen (secondary N) is 1. The van der Waals surface area contributed by atoms with Crippen LogP contribution < -0.4 is 15.6 Å². The van der Waals surface area contributed by atoms with Gasteiger partial charge in [0.2, 0.25) is 5.91 Å². The Morgan fingerprint density at radius 2 is 2.06 bits per heavy atom. The number of amides is 1. The van der Waals surface area contributed by atoms with Gasteiger partial charge in [-0.1, -0.05) is 36.0 Å². The Hall–Kier alpha value is -3.59. The molecule has 3 heterocycles. The van der Waals surface area contributed by atoms with Crippen molar-refractivity contribution in [2.24, 2.45) is 0 Å². The van der Waals surface area contributed by atoms with Gasteiger partial charge in [0, 0.05) is 18.7 Å². The summed E-state index contributed by atoms with van der Waals surface area (Å²) in [5.41, 5.74) is 3.48. The van der Waals surface area contributed by atoms with E-state index in [-0.39, 0.29) is 23.9 Å². The topological polar surface area (TPSA) is 91.0 Å². The molecule has 0 saturated carbocycles.